The van der Waals surface area contributed by atoms with Gasteiger partial charge in [-0.1, -0.05) is 6.92 Å². The van der Waals surface area contributed by atoms with Crippen LogP contribution in [-0.2, 0) is 0 Å². The Labute approximate surface area is 93.5 Å². The Morgan fingerprint density at radius 1 is 1.00 bits per heavy atom. The maximum Gasteiger partial charge on any atom is 0.111 e. The van der Waals surface area contributed by atoms with Crippen molar-refractivity contribution in [3.8, 4) is 0 Å². The van der Waals surface area contributed by atoms with Crippen LogP contribution in [0.4, 0.5) is 0 Å². The summed E-state index contributed by atoms with van der Waals surface area (Å²) in [5, 5.41) is 61.5. The monoisotopic (exact) mass is 239 g/mol. The fourth-order valence-electron chi connectivity index (χ4n) is 0.671. The Morgan fingerprint density at radius 2 is 1.19 bits per heavy atom. The van der Waals surface area contributed by atoms with E-state index in [2.05, 4.69) is 6.58 Å². The molecule has 0 rings (SSSR count). The molecule has 0 aromatic rings. The van der Waals surface area contributed by atoms with Crippen LogP contribution in [0.1, 0.15) is 6.92 Å². The lowest BCUT2D eigenvalue weighted by Gasteiger charge is -2.24. The molecule has 7 heteroatoms. The maximum absolute atomic E-state index is 9.33. The lowest BCUT2D eigenvalue weighted by Crippen LogP contribution is -2.46. The lowest BCUT2D eigenvalue weighted by molar-refractivity contribution is -0.300. The second-order valence-electron chi connectivity index (χ2n) is 3.18. The number of allylic oxidation sites excluding steroid dienone is 1. The largest absolute Gasteiger partial charge is 0.876 e. The predicted molar refractivity (Wildman–Crippen MR) is 53.0 cm³/mol. The van der Waals surface area contributed by atoms with E-state index >= 15 is 0 Å². The lowest BCUT2D eigenvalue weighted by atomic mass is 10.0. The van der Waals surface area contributed by atoms with Gasteiger partial charge < -0.3 is 35.7 Å². The summed E-state index contributed by atoms with van der Waals surface area (Å²) in [7, 11) is 0. The first kappa shape index (κ1) is 17.7. The van der Waals surface area contributed by atoms with E-state index < -0.39 is 37.6 Å². The van der Waals surface area contributed by atoms with Crippen molar-refractivity contribution < 1.29 is 35.7 Å². The molecular formula is C9H19O7-. The zero-order chi connectivity index (χ0) is 13.3. The highest BCUT2D eigenvalue weighted by Crippen LogP contribution is 2.03. The first-order valence-corrected chi connectivity index (χ1v) is 4.54. The summed E-state index contributed by atoms with van der Waals surface area (Å²) in [5.74, 6) is -0.0833. The molecule has 0 fully saturated rings. The molecule has 0 radical (unpaired) electrons. The fraction of sp³-hybridized carbons (Fsp3) is 0.778. The quantitative estimate of drug-likeness (QED) is 0.271. The minimum Gasteiger partial charge on any atom is -0.876 e. The van der Waals surface area contributed by atoms with Gasteiger partial charge >= 0.3 is 0 Å². The van der Waals surface area contributed by atoms with Gasteiger partial charge in [0.05, 0.1) is 13.2 Å². The van der Waals surface area contributed by atoms with Crippen molar-refractivity contribution in [3.63, 3.8) is 0 Å². The minimum atomic E-state index is -1.67. The maximum atomic E-state index is 9.33. The Balaban J connectivity index is 0. The molecule has 0 saturated carbocycles. The molecule has 0 aliphatic carbocycles. The summed E-state index contributed by atoms with van der Waals surface area (Å²) in [4.78, 5) is 0. The highest BCUT2D eigenvalue weighted by Gasteiger charge is 2.29. The van der Waals surface area contributed by atoms with Crippen LogP contribution >= 0.6 is 0 Å². The van der Waals surface area contributed by atoms with Crippen LogP contribution in [0.15, 0.2) is 12.3 Å². The second kappa shape index (κ2) is 9.52. The minimum absolute atomic E-state index is 0.0833. The first-order valence-electron chi connectivity index (χ1n) is 4.54. The SMILES string of the molecule is C=C(C)[O-].OC[C@@H](O)[C@@H](O)[C@H](O)[C@H](O)CO. The van der Waals surface area contributed by atoms with Gasteiger partial charge in [0, 0.05) is 0 Å². The van der Waals surface area contributed by atoms with Crippen molar-refractivity contribution in [2.45, 2.75) is 31.3 Å². The number of aliphatic hydroxyl groups is 6. The van der Waals surface area contributed by atoms with Gasteiger partial charge in [0.25, 0.3) is 0 Å². The van der Waals surface area contributed by atoms with E-state index in [0.29, 0.717) is 0 Å². The molecule has 0 amide bonds. The smallest absolute Gasteiger partial charge is 0.111 e. The van der Waals surface area contributed by atoms with E-state index in [-0.39, 0.29) is 5.76 Å². The Bertz CT molecular complexity index is 167. The van der Waals surface area contributed by atoms with Gasteiger partial charge in [-0.15, -0.1) is 12.3 Å². The van der Waals surface area contributed by atoms with Gasteiger partial charge in [0.15, 0.2) is 0 Å². The summed E-state index contributed by atoms with van der Waals surface area (Å²) < 4.78 is 0. The van der Waals surface area contributed by atoms with Crippen molar-refractivity contribution in [2.24, 2.45) is 0 Å². The molecule has 0 aliphatic rings. The highest BCUT2D eigenvalue weighted by molar-refractivity contribution is 4.79. The van der Waals surface area contributed by atoms with Gasteiger partial charge in [-0.05, 0) is 0 Å². The molecule has 0 aliphatic heterocycles. The number of aliphatic hydroxyl groups excluding tert-OH is 6. The summed E-state index contributed by atoms with van der Waals surface area (Å²) in [6.45, 7) is 2.97. The van der Waals surface area contributed by atoms with E-state index in [1.807, 2.05) is 0 Å². The van der Waals surface area contributed by atoms with Crippen LogP contribution in [0.3, 0.4) is 0 Å². The third-order valence-electron chi connectivity index (χ3n) is 1.51. The summed E-state index contributed by atoms with van der Waals surface area (Å²) in [5.41, 5.74) is 0. The van der Waals surface area contributed by atoms with Crippen molar-refractivity contribution >= 4 is 0 Å². The topological polar surface area (TPSA) is 144 Å². The first-order chi connectivity index (χ1) is 7.27. The molecule has 4 atom stereocenters. The normalized spacial score (nSPS) is 17.7. The third kappa shape index (κ3) is 8.60. The van der Waals surface area contributed by atoms with Gasteiger partial charge in [-0.2, -0.15) is 0 Å². The van der Waals surface area contributed by atoms with Gasteiger partial charge in [0.1, 0.15) is 24.4 Å². The van der Waals surface area contributed by atoms with Gasteiger partial charge in [-0.25, -0.2) is 0 Å². The predicted octanol–water partition coefficient (Wildman–Crippen LogP) is -3.71. The van der Waals surface area contributed by atoms with E-state index in [9.17, 15) is 5.11 Å². The van der Waals surface area contributed by atoms with Crippen LogP contribution in [0.2, 0.25) is 0 Å². The Hall–Kier alpha value is -0.700. The van der Waals surface area contributed by atoms with E-state index in [0.717, 1.165) is 0 Å². The molecule has 0 bridgehead atoms. The van der Waals surface area contributed by atoms with E-state index in [1.54, 1.807) is 0 Å². The van der Waals surface area contributed by atoms with E-state index in [4.69, 9.17) is 30.6 Å². The van der Waals surface area contributed by atoms with Crippen molar-refractivity contribution in [3.05, 3.63) is 12.3 Å². The molecule has 0 spiro atoms. The number of hydrogen-bond acceptors (Lipinski definition) is 7. The molecule has 98 valence electrons. The van der Waals surface area contributed by atoms with Crippen molar-refractivity contribution in [1.82, 2.24) is 0 Å². The van der Waals surface area contributed by atoms with Crippen LogP contribution < -0.4 is 5.11 Å². The van der Waals surface area contributed by atoms with Gasteiger partial charge in [0.2, 0.25) is 0 Å². The number of hydrogen-bond donors (Lipinski definition) is 6. The zero-order valence-electron chi connectivity index (χ0n) is 9.02. The van der Waals surface area contributed by atoms with E-state index in [1.165, 1.54) is 6.92 Å². The van der Waals surface area contributed by atoms with Crippen LogP contribution in [0, 0.1) is 0 Å². The van der Waals surface area contributed by atoms with Crippen molar-refractivity contribution in [1.29, 1.82) is 0 Å². The molecule has 6 N–H and O–H groups in total. The molecule has 0 heterocycles. The van der Waals surface area contributed by atoms with Crippen LogP contribution in [-0.4, -0.2) is 68.3 Å². The third-order valence-corrected chi connectivity index (χ3v) is 1.51. The van der Waals surface area contributed by atoms with Gasteiger partial charge in [-0.3, -0.25) is 0 Å². The second-order valence-corrected chi connectivity index (χ2v) is 3.18. The van der Waals surface area contributed by atoms with Crippen molar-refractivity contribution in [2.75, 3.05) is 13.2 Å². The average molecular weight is 239 g/mol. The molecule has 0 aromatic heterocycles. The summed E-state index contributed by atoms with van der Waals surface area (Å²) >= 11 is 0. The molecule has 0 unspecified atom stereocenters. The van der Waals surface area contributed by atoms with Crippen LogP contribution in [0.25, 0.3) is 0 Å². The number of rotatable bonds is 5. The molecule has 16 heavy (non-hydrogen) atoms. The average Bonchev–Trinajstić information content (AvgIpc) is 2.24. The van der Waals surface area contributed by atoms with Crippen LogP contribution in [0.5, 0.6) is 0 Å². The Morgan fingerprint density at radius 3 is 1.31 bits per heavy atom. The standard InChI is InChI=1S/C6H14O6.C3H6O/c7-1-3(9)5(11)6(12)4(10)2-8;1-3(2)4/h3-12H,1-2H2;4H,1H2,2H3/p-1/t3-,4-,5-,6-;/m1./s1. The molecule has 7 nitrogen and oxygen atoms in total. The molecule has 0 aromatic carbocycles. The fourth-order valence-corrected chi connectivity index (χ4v) is 0.671. The summed E-state index contributed by atoms with van der Waals surface area (Å²) in [6, 6.07) is 0. The zero-order valence-corrected chi connectivity index (χ0v) is 9.02. The Kier molecular flexibility index (Phi) is 10.5. The highest BCUT2D eigenvalue weighted by atomic mass is 16.4. The molecule has 0 saturated heterocycles. The molecular weight excluding hydrogens is 220 g/mol. The summed E-state index contributed by atoms with van der Waals surface area (Å²) in [6.07, 6.45) is -6.39.